The molecule has 6 heteroatoms. The Balaban J connectivity index is 2.05. The molecule has 2 aliphatic heterocycles. The molecule has 80 valence electrons. The van der Waals surface area contributed by atoms with Crippen molar-refractivity contribution in [2.45, 2.75) is 24.2 Å². The molecular formula is C8H13NO4S. The maximum atomic E-state index is 11.5. The molecule has 1 amide bonds. The zero-order valence-electron chi connectivity index (χ0n) is 7.73. The smallest absolute Gasteiger partial charge is 0.246 e. The van der Waals surface area contributed by atoms with Gasteiger partial charge in [-0.3, -0.25) is 4.79 Å². The highest BCUT2D eigenvalue weighted by Crippen LogP contribution is 2.25. The van der Waals surface area contributed by atoms with Crippen LogP contribution in [-0.2, 0) is 19.4 Å². The number of morpholine rings is 1. The molecule has 0 saturated carbocycles. The number of carbonyl (C=O) groups is 1. The van der Waals surface area contributed by atoms with Crippen LogP contribution in [0, 0.1) is 0 Å². The van der Waals surface area contributed by atoms with Crippen molar-refractivity contribution in [3.8, 4) is 0 Å². The summed E-state index contributed by atoms with van der Waals surface area (Å²) in [5.41, 5.74) is 0. The van der Waals surface area contributed by atoms with Crippen LogP contribution in [0.25, 0.3) is 0 Å². The number of carbonyl (C=O) groups excluding carboxylic acids is 1. The Bertz CT molecular complexity index is 327. The van der Waals surface area contributed by atoms with Crippen LogP contribution in [0.3, 0.4) is 0 Å². The lowest BCUT2D eigenvalue weighted by Crippen LogP contribution is -2.49. The summed E-state index contributed by atoms with van der Waals surface area (Å²) in [6.45, 7) is 0.305. The van der Waals surface area contributed by atoms with Crippen molar-refractivity contribution < 1.29 is 17.9 Å². The molecule has 2 fully saturated rings. The quantitative estimate of drug-likeness (QED) is 0.619. The number of sulfone groups is 1. The summed E-state index contributed by atoms with van der Waals surface area (Å²) in [7, 11) is -2.98. The van der Waals surface area contributed by atoms with Crippen molar-refractivity contribution in [3.05, 3.63) is 0 Å². The SMILES string of the molecule is O=C1COC(C2CCCS2(=O)=O)CN1. The van der Waals surface area contributed by atoms with Crippen LogP contribution < -0.4 is 5.32 Å². The van der Waals surface area contributed by atoms with E-state index in [4.69, 9.17) is 4.74 Å². The Morgan fingerprint density at radius 1 is 1.43 bits per heavy atom. The monoisotopic (exact) mass is 219 g/mol. The molecule has 0 aliphatic carbocycles. The van der Waals surface area contributed by atoms with E-state index in [-0.39, 0.29) is 24.4 Å². The standard InChI is InChI=1S/C8H13NO4S/c10-8-5-13-6(4-9-8)7-2-1-3-14(7,11)12/h6-7H,1-5H2,(H,9,10). The first-order valence-corrected chi connectivity index (χ1v) is 6.41. The molecule has 0 bridgehead atoms. The molecule has 0 aromatic carbocycles. The lowest BCUT2D eigenvalue weighted by Gasteiger charge is -2.27. The molecule has 0 radical (unpaired) electrons. The highest BCUT2D eigenvalue weighted by molar-refractivity contribution is 7.92. The summed E-state index contributed by atoms with van der Waals surface area (Å²) in [5.74, 6) is 0.0857. The van der Waals surface area contributed by atoms with Gasteiger partial charge in [0.25, 0.3) is 0 Å². The molecule has 2 aliphatic rings. The summed E-state index contributed by atoms with van der Waals surface area (Å²) >= 11 is 0. The molecule has 2 heterocycles. The average Bonchev–Trinajstić information content (AvgIpc) is 2.47. The van der Waals surface area contributed by atoms with Gasteiger partial charge in [0.05, 0.1) is 17.1 Å². The van der Waals surface area contributed by atoms with Gasteiger partial charge in [-0.25, -0.2) is 8.42 Å². The van der Waals surface area contributed by atoms with E-state index in [1.54, 1.807) is 0 Å². The zero-order valence-corrected chi connectivity index (χ0v) is 8.55. The van der Waals surface area contributed by atoms with Crippen LogP contribution in [0.1, 0.15) is 12.8 Å². The third kappa shape index (κ3) is 1.76. The third-order valence-corrected chi connectivity index (χ3v) is 5.04. The second-order valence-electron chi connectivity index (χ2n) is 3.70. The van der Waals surface area contributed by atoms with E-state index in [1.807, 2.05) is 0 Å². The van der Waals surface area contributed by atoms with Crippen molar-refractivity contribution in [2.75, 3.05) is 18.9 Å². The van der Waals surface area contributed by atoms with Crippen molar-refractivity contribution in [2.24, 2.45) is 0 Å². The molecule has 14 heavy (non-hydrogen) atoms. The van der Waals surface area contributed by atoms with Gasteiger partial charge in [0, 0.05) is 6.54 Å². The van der Waals surface area contributed by atoms with Gasteiger partial charge in [0.15, 0.2) is 9.84 Å². The van der Waals surface area contributed by atoms with Gasteiger partial charge >= 0.3 is 0 Å². The second-order valence-corrected chi connectivity index (χ2v) is 6.04. The first kappa shape index (κ1) is 9.92. The van der Waals surface area contributed by atoms with Gasteiger partial charge in [0.2, 0.25) is 5.91 Å². The fourth-order valence-electron chi connectivity index (χ4n) is 1.98. The number of nitrogens with one attached hydrogen (secondary N) is 1. The molecule has 5 nitrogen and oxygen atoms in total. The van der Waals surface area contributed by atoms with Crippen LogP contribution in [-0.4, -0.2) is 44.6 Å². The minimum absolute atomic E-state index is 0.0172. The zero-order chi connectivity index (χ0) is 10.2. The van der Waals surface area contributed by atoms with Gasteiger partial charge < -0.3 is 10.1 Å². The molecule has 2 atom stereocenters. The van der Waals surface area contributed by atoms with Gasteiger partial charge in [0.1, 0.15) is 6.61 Å². The summed E-state index contributed by atoms with van der Waals surface area (Å²) in [4.78, 5) is 10.8. The Labute approximate surface area is 82.7 Å². The summed E-state index contributed by atoms with van der Waals surface area (Å²) in [6, 6.07) is 0. The highest BCUT2D eigenvalue weighted by atomic mass is 32.2. The van der Waals surface area contributed by atoms with Gasteiger partial charge in [-0.05, 0) is 12.8 Å². The molecular weight excluding hydrogens is 206 g/mol. The first-order chi connectivity index (χ1) is 6.59. The van der Waals surface area contributed by atoms with E-state index >= 15 is 0 Å². The van der Waals surface area contributed by atoms with E-state index in [9.17, 15) is 13.2 Å². The molecule has 0 aromatic rings. The van der Waals surface area contributed by atoms with Gasteiger partial charge in [-0.1, -0.05) is 0 Å². The average molecular weight is 219 g/mol. The van der Waals surface area contributed by atoms with Crippen molar-refractivity contribution in [1.29, 1.82) is 0 Å². The summed E-state index contributed by atoms with van der Waals surface area (Å²) < 4.78 is 28.3. The van der Waals surface area contributed by atoms with Crippen molar-refractivity contribution in [3.63, 3.8) is 0 Å². The molecule has 2 unspecified atom stereocenters. The van der Waals surface area contributed by atoms with Crippen LogP contribution in [0.4, 0.5) is 0 Å². The van der Waals surface area contributed by atoms with E-state index in [2.05, 4.69) is 5.32 Å². The molecule has 2 saturated heterocycles. The minimum Gasteiger partial charge on any atom is -0.365 e. The fourth-order valence-corrected chi connectivity index (χ4v) is 4.01. The normalized spacial score (nSPS) is 36.7. The predicted octanol–water partition coefficient (Wildman–Crippen LogP) is -0.921. The lowest BCUT2D eigenvalue weighted by atomic mass is 10.1. The van der Waals surface area contributed by atoms with E-state index < -0.39 is 15.1 Å². The number of hydrogen-bond acceptors (Lipinski definition) is 4. The Hall–Kier alpha value is -0.620. The van der Waals surface area contributed by atoms with E-state index in [0.29, 0.717) is 19.4 Å². The fraction of sp³-hybridized carbons (Fsp3) is 0.875. The number of ether oxygens (including phenoxy) is 1. The largest absolute Gasteiger partial charge is 0.365 e. The van der Waals surface area contributed by atoms with E-state index in [1.165, 1.54) is 0 Å². The summed E-state index contributed by atoms with van der Waals surface area (Å²) in [5, 5.41) is 2.20. The minimum atomic E-state index is -2.98. The van der Waals surface area contributed by atoms with Crippen molar-refractivity contribution >= 4 is 15.7 Å². The maximum absolute atomic E-state index is 11.5. The predicted molar refractivity (Wildman–Crippen MR) is 49.6 cm³/mol. The number of hydrogen-bond donors (Lipinski definition) is 1. The highest BCUT2D eigenvalue weighted by Gasteiger charge is 2.39. The molecule has 0 spiro atoms. The maximum Gasteiger partial charge on any atom is 0.246 e. The number of amides is 1. The van der Waals surface area contributed by atoms with Crippen LogP contribution in [0.2, 0.25) is 0 Å². The van der Waals surface area contributed by atoms with Gasteiger partial charge in [-0.2, -0.15) is 0 Å². The number of rotatable bonds is 1. The van der Waals surface area contributed by atoms with Gasteiger partial charge in [-0.15, -0.1) is 0 Å². The molecule has 1 N–H and O–H groups in total. The van der Waals surface area contributed by atoms with Crippen LogP contribution in [0.15, 0.2) is 0 Å². The molecule has 2 rings (SSSR count). The third-order valence-electron chi connectivity index (χ3n) is 2.72. The topological polar surface area (TPSA) is 72.5 Å². The van der Waals surface area contributed by atoms with Crippen LogP contribution >= 0.6 is 0 Å². The lowest BCUT2D eigenvalue weighted by molar-refractivity contribution is -0.133. The van der Waals surface area contributed by atoms with Crippen molar-refractivity contribution in [1.82, 2.24) is 5.32 Å². The van der Waals surface area contributed by atoms with E-state index in [0.717, 1.165) is 0 Å². The Morgan fingerprint density at radius 3 is 2.71 bits per heavy atom. The Morgan fingerprint density at radius 2 is 2.21 bits per heavy atom. The second kappa shape index (κ2) is 3.51. The Kier molecular flexibility index (Phi) is 2.48. The molecule has 0 aromatic heterocycles. The van der Waals surface area contributed by atoms with Crippen LogP contribution in [0.5, 0.6) is 0 Å². The first-order valence-electron chi connectivity index (χ1n) is 4.69. The summed E-state index contributed by atoms with van der Waals surface area (Å²) in [6.07, 6.45) is 1.02.